The van der Waals surface area contributed by atoms with Crippen molar-refractivity contribution < 1.29 is 13.9 Å². The van der Waals surface area contributed by atoms with Crippen LogP contribution in [0.25, 0.3) is 33.6 Å². The second kappa shape index (κ2) is 7.35. The van der Waals surface area contributed by atoms with E-state index in [0.717, 1.165) is 44.7 Å². The molecule has 2 N–H and O–H groups in total. The fourth-order valence-corrected chi connectivity index (χ4v) is 3.93. The largest absolute Gasteiger partial charge is 0.461 e. The van der Waals surface area contributed by atoms with Crippen molar-refractivity contribution in [1.82, 2.24) is 9.97 Å². The van der Waals surface area contributed by atoms with Crippen molar-refractivity contribution in [1.29, 1.82) is 0 Å². The molecule has 5 nitrogen and oxygen atoms in total. The summed E-state index contributed by atoms with van der Waals surface area (Å²) >= 11 is 6.34. The quantitative estimate of drug-likeness (QED) is 0.343. The molecule has 2 aromatic carbocycles. The van der Waals surface area contributed by atoms with Crippen molar-refractivity contribution in [3.8, 4) is 11.6 Å². The number of benzene rings is 2. The number of nitrogens with zero attached hydrogens (tertiary/aromatic N) is 1. The number of fused-ring (bicyclic) bond motifs is 2. The van der Waals surface area contributed by atoms with Crippen LogP contribution in [0.15, 0.2) is 57.4 Å². The van der Waals surface area contributed by atoms with E-state index in [1.165, 1.54) is 0 Å². The van der Waals surface area contributed by atoms with Gasteiger partial charge in [-0.3, -0.25) is 0 Å². The maximum Gasteiger partial charge on any atom is 0.174 e. The van der Waals surface area contributed by atoms with Gasteiger partial charge in [0.1, 0.15) is 17.1 Å². The molecule has 0 amide bonds. The predicted octanol–water partition coefficient (Wildman–Crippen LogP) is 6.43. The van der Waals surface area contributed by atoms with Gasteiger partial charge in [0, 0.05) is 28.3 Å². The molecule has 0 saturated carbocycles. The van der Waals surface area contributed by atoms with Gasteiger partial charge in [-0.15, -0.1) is 0 Å². The normalized spacial score (nSPS) is 11.9. The number of aliphatic hydroxyl groups excluding tert-OH is 1. The summed E-state index contributed by atoms with van der Waals surface area (Å²) in [5.74, 6) is 3.36. The third-order valence-corrected chi connectivity index (χ3v) is 5.45. The van der Waals surface area contributed by atoms with Gasteiger partial charge in [0.05, 0.1) is 17.6 Å². The van der Waals surface area contributed by atoms with Crippen molar-refractivity contribution in [3.05, 3.63) is 76.2 Å². The summed E-state index contributed by atoms with van der Waals surface area (Å²) in [5, 5.41) is 11.0. The molecular formula is C24H21ClN2O3. The Morgan fingerprint density at radius 2 is 1.93 bits per heavy atom. The minimum Gasteiger partial charge on any atom is -0.461 e. The van der Waals surface area contributed by atoms with E-state index in [1.807, 2.05) is 42.5 Å². The second-order valence-electron chi connectivity index (χ2n) is 7.82. The molecule has 0 aliphatic carbocycles. The summed E-state index contributed by atoms with van der Waals surface area (Å²) in [5.41, 5.74) is 4.36. The lowest BCUT2D eigenvalue weighted by Gasteiger charge is -2.02. The average molecular weight is 421 g/mol. The lowest BCUT2D eigenvalue weighted by molar-refractivity contribution is 0.282. The monoisotopic (exact) mass is 420 g/mol. The number of aromatic nitrogens is 2. The Balaban J connectivity index is 1.48. The van der Waals surface area contributed by atoms with E-state index < -0.39 is 0 Å². The fourth-order valence-electron chi connectivity index (χ4n) is 3.68. The van der Waals surface area contributed by atoms with Gasteiger partial charge in [-0.2, -0.15) is 0 Å². The molecule has 0 aliphatic heterocycles. The minimum atomic E-state index is -0.00536. The summed E-state index contributed by atoms with van der Waals surface area (Å²) in [6.07, 6.45) is 0.566. The van der Waals surface area contributed by atoms with Crippen LogP contribution < -0.4 is 0 Å². The van der Waals surface area contributed by atoms with Crippen LogP contribution in [0, 0.1) is 0 Å². The van der Waals surface area contributed by atoms with Gasteiger partial charge >= 0.3 is 0 Å². The summed E-state index contributed by atoms with van der Waals surface area (Å²) in [4.78, 5) is 7.86. The first-order valence-corrected chi connectivity index (χ1v) is 10.3. The highest BCUT2D eigenvalue weighted by Gasteiger charge is 2.15. The highest BCUT2D eigenvalue weighted by atomic mass is 35.5. The van der Waals surface area contributed by atoms with E-state index in [1.54, 1.807) is 0 Å². The number of H-pyrrole nitrogens is 1. The molecule has 5 aromatic rings. The number of hydrogen-bond acceptors (Lipinski definition) is 4. The Morgan fingerprint density at radius 1 is 1.07 bits per heavy atom. The number of furan rings is 2. The van der Waals surface area contributed by atoms with Gasteiger partial charge < -0.3 is 18.9 Å². The third-order valence-electron chi connectivity index (χ3n) is 5.23. The lowest BCUT2D eigenvalue weighted by atomic mass is 10.1. The SMILES string of the molecule is CC(C)c1cc2cc(Cl)cc(Cc3ccc(-c4nc5ccc(CO)cc5[nH]4)o3)c2o1. The first-order chi connectivity index (χ1) is 14.5. The number of hydrogen-bond donors (Lipinski definition) is 2. The van der Waals surface area contributed by atoms with Gasteiger partial charge in [0.15, 0.2) is 11.6 Å². The molecule has 0 radical (unpaired) electrons. The van der Waals surface area contributed by atoms with Crippen LogP contribution in [-0.2, 0) is 13.0 Å². The Kier molecular flexibility index (Phi) is 4.65. The lowest BCUT2D eigenvalue weighted by Crippen LogP contribution is -1.87. The van der Waals surface area contributed by atoms with Gasteiger partial charge in [-0.1, -0.05) is 31.5 Å². The molecule has 0 fully saturated rings. The Hall–Kier alpha value is -3.02. The van der Waals surface area contributed by atoms with Crippen LogP contribution in [0.1, 0.15) is 42.4 Å². The van der Waals surface area contributed by atoms with Crippen molar-refractivity contribution >= 4 is 33.6 Å². The van der Waals surface area contributed by atoms with Gasteiger partial charge in [-0.25, -0.2) is 4.98 Å². The molecule has 152 valence electrons. The number of rotatable bonds is 5. The van der Waals surface area contributed by atoms with Crippen LogP contribution in [0.3, 0.4) is 0 Å². The Labute approximate surface area is 178 Å². The average Bonchev–Trinajstić information content (AvgIpc) is 3.44. The minimum absolute atomic E-state index is 0.00536. The number of aliphatic hydroxyl groups is 1. The van der Waals surface area contributed by atoms with Crippen LogP contribution in [0.4, 0.5) is 0 Å². The number of aromatic amines is 1. The molecule has 0 aliphatic rings. The topological polar surface area (TPSA) is 75.2 Å². The zero-order chi connectivity index (χ0) is 20.8. The van der Waals surface area contributed by atoms with Crippen molar-refractivity contribution in [2.75, 3.05) is 0 Å². The summed E-state index contributed by atoms with van der Waals surface area (Å²) in [6, 6.07) is 15.4. The van der Waals surface area contributed by atoms with E-state index in [2.05, 4.69) is 29.9 Å². The van der Waals surface area contributed by atoms with Gasteiger partial charge in [-0.05, 0) is 48.0 Å². The van der Waals surface area contributed by atoms with Crippen molar-refractivity contribution in [2.24, 2.45) is 0 Å². The van der Waals surface area contributed by atoms with Gasteiger partial charge in [0.2, 0.25) is 0 Å². The molecule has 0 atom stereocenters. The molecule has 0 unspecified atom stereocenters. The zero-order valence-electron chi connectivity index (χ0n) is 16.7. The van der Waals surface area contributed by atoms with E-state index in [-0.39, 0.29) is 6.61 Å². The van der Waals surface area contributed by atoms with Crippen LogP contribution in [-0.4, -0.2) is 15.1 Å². The molecule has 0 bridgehead atoms. The third kappa shape index (κ3) is 3.40. The zero-order valence-corrected chi connectivity index (χ0v) is 17.5. The predicted molar refractivity (Wildman–Crippen MR) is 118 cm³/mol. The summed E-state index contributed by atoms with van der Waals surface area (Å²) < 4.78 is 12.2. The van der Waals surface area contributed by atoms with Crippen LogP contribution in [0.2, 0.25) is 5.02 Å². The van der Waals surface area contributed by atoms with Crippen molar-refractivity contribution in [2.45, 2.75) is 32.8 Å². The fraction of sp³-hybridized carbons (Fsp3) is 0.208. The highest BCUT2D eigenvalue weighted by molar-refractivity contribution is 6.31. The van der Waals surface area contributed by atoms with E-state index >= 15 is 0 Å². The molecule has 3 aromatic heterocycles. The van der Waals surface area contributed by atoms with E-state index in [4.69, 9.17) is 20.4 Å². The van der Waals surface area contributed by atoms with Crippen LogP contribution >= 0.6 is 11.6 Å². The molecular weight excluding hydrogens is 400 g/mol. The smallest absolute Gasteiger partial charge is 0.174 e. The Morgan fingerprint density at radius 3 is 2.73 bits per heavy atom. The second-order valence-corrected chi connectivity index (χ2v) is 8.26. The molecule has 0 saturated heterocycles. The van der Waals surface area contributed by atoms with E-state index in [0.29, 0.717) is 28.9 Å². The number of halogens is 1. The Bertz CT molecular complexity index is 1360. The van der Waals surface area contributed by atoms with Gasteiger partial charge in [0.25, 0.3) is 0 Å². The maximum absolute atomic E-state index is 9.32. The summed E-state index contributed by atoms with van der Waals surface area (Å²) in [7, 11) is 0. The maximum atomic E-state index is 9.32. The van der Waals surface area contributed by atoms with Crippen LogP contribution in [0.5, 0.6) is 0 Å². The standard InChI is InChI=1S/C24H21ClN2O3/c1-13(2)22-11-16-9-17(25)8-15(23(16)30-22)10-18-4-6-21(29-18)24-26-19-5-3-14(12-28)7-20(19)27-24/h3-9,11,13,28H,10,12H2,1-2H3,(H,26,27). The van der Waals surface area contributed by atoms with E-state index in [9.17, 15) is 5.11 Å². The first-order valence-electron chi connectivity index (χ1n) is 9.90. The first kappa shape index (κ1) is 19.0. The number of nitrogens with one attached hydrogen (secondary N) is 1. The molecule has 5 rings (SSSR count). The molecule has 6 heteroatoms. The molecule has 30 heavy (non-hydrogen) atoms. The van der Waals surface area contributed by atoms with Crippen molar-refractivity contribution in [3.63, 3.8) is 0 Å². The molecule has 3 heterocycles. The number of imidazole rings is 1. The summed E-state index contributed by atoms with van der Waals surface area (Å²) in [6.45, 7) is 4.21. The molecule has 0 spiro atoms. The highest BCUT2D eigenvalue weighted by Crippen LogP contribution is 2.32.